The molecular formula is C27H29N3O3. The van der Waals surface area contributed by atoms with E-state index in [1.165, 1.54) is 0 Å². The van der Waals surface area contributed by atoms with E-state index >= 15 is 0 Å². The average molecular weight is 444 g/mol. The van der Waals surface area contributed by atoms with Crippen LogP contribution in [0.4, 0.5) is 4.79 Å². The Balaban J connectivity index is 1.50. The van der Waals surface area contributed by atoms with Gasteiger partial charge in [-0.3, -0.25) is 14.5 Å². The first-order chi connectivity index (χ1) is 15.8. The fourth-order valence-corrected chi connectivity index (χ4v) is 4.55. The summed E-state index contributed by atoms with van der Waals surface area (Å²) in [6.07, 6.45) is 0.452. The Morgan fingerprint density at radius 1 is 0.939 bits per heavy atom. The second-order valence-corrected chi connectivity index (χ2v) is 9.09. The number of rotatable bonds is 7. The molecule has 3 aromatic carbocycles. The number of urea groups is 1. The van der Waals surface area contributed by atoms with Crippen LogP contribution in [0.1, 0.15) is 44.4 Å². The van der Waals surface area contributed by atoms with Crippen molar-refractivity contribution in [1.82, 2.24) is 15.5 Å². The lowest BCUT2D eigenvalue weighted by Crippen LogP contribution is -2.46. The van der Waals surface area contributed by atoms with Crippen molar-refractivity contribution in [2.24, 2.45) is 5.92 Å². The van der Waals surface area contributed by atoms with Crippen LogP contribution in [0, 0.1) is 5.92 Å². The van der Waals surface area contributed by atoms with Gasteiger partial charge in [0.2, 0.25) is 5.91 Å². The molecule has 0 bridgehead atoms. The summed E-state index contributed by atoms with van der Waals surface area (Å²) in [7, 11) is 0. The third-order valence-electron chi connectivity index (χ3n) is 6.11. The summed E-state index contributed by atoms with van der Waals surface area (Å²) in [5, 5.41) is 8.02. The first-order valence-corrected chi connectivity index (χ1v) is 11.3. The van der Waals surface area contributed by atoms with Crippen molar-refractivity contribution in [3.63, 3.8) is 0 Å². The van der Waals surface area contributed by atoms with Gasteiger partial charge < -0.3 is 10.6 Å². The zero-order valence-corrected chi connectivity index (χ0v) is 19.2. The quantitative estimate of drug-likeness (QED) is 0.528. The van der Waals surface area contributed by atoms with Gasteiger partial charge in [0.25, 0.3) is 5.91 Å². The third-order valence-corrected chi connectivity index (χ3v) is 6.11. The number of imide groups is 1. The fourth-order valence-electron chi connectivity index (χ4n) is 4.55. The molecule has 1 aliphatic heterocycles. The van der Waals surface area contributed by atoms with Crippen LogP contribution in [0.3, 0.4) is 0 Å². The van der Waals surface area contributed by atoms with Crippen molar-refractivity contribution in [3.05, 3.63) is 83.9 Å². The number of hydrogen-bond donors (Lipinski definition) is 2. The van der Waals surface area contributed by atoms with Crippen LogP contribution in [0.5, 0.6) is 0 Å². The predicted octanol–water partition coefficient (Wildman–Crippen LogP) is 4.51. The largest absolute Gasteiger partial charge is 0.348 e. The monoisotopic (exact) mass is 443 g/mol. The molecule has 1 heterocycles. The Hall–Kier alpha value is -3.67. The number of carbonyl (C=O) groups excluding carboxylic acids is 3. The van der Waals surface area contributed by atoms with Crippen molar-refractivity contribution >= 4 is 28.6 Å². The SMILES string of the molecule is CC(C)CC1(c2ccccc2)NC(=O)N(CC(=O)NC(C)c2ccc3ccccc3c2)C1=O. The van der Waals surface area contributed by atoms with Crippen LogP contribution >= 0.6 is 0 Å². The molecule has 0 aromatic heterocycles. The molecule has 0 spiro atoms. The zero-order chi connectivity index (χ0) is 23.6. The third kappa shape index (κ3) is 4.46. The lowest BCUT2D eigenvalue weighted by Gasteiger charge is -2.29. The molecule has 2 atom stereocenters. The van der Waals surface area contributed by atoms with Crippen LogP contribution in [0.15, 0.2) is 72.8 Å². The highest BCUT2D eigenvalue weighted by atomic mass is 16.2. The standard InChI is InChI=1S/C27H29N3O3/c1-18(2)16-27(23-11-5-4-6-12-23)25(32)30(26(33)29-27)17-24(31)28-19(3)21-14-13-20-9-7-8-10-22(20)15-21/h4-15,18-19H,16-17H2,1-3H3,(H,28,31)(H,29,33). The maximum absolute atomic E-state index is 13.5. The lowest BCUT2D eigenvalue weighted by molar-refractivity contribution is -0.135. The fraction of sp³-hybridized carbons (Fsp3) is 0.296. The molecule has 6 heteroatoms. The Labute approximate surface area is 194 Å². The molecule has 33 heavy (non-hydrogen) atoms. The summed E-state index contributed by atoms with van der Waals surface area (Å²) in [4.78, 5) is 40.1. The number of nitrogens with zero attached hydrogens (tertiary/aromatic N) is 1. The van der Waals surface area contributed by atoms with Gasteiger partial charge in [-0.25, -0.2) is 4.79 Å². The van der Waals surface area contributed by atoms with Gasteiger partial charge in [0.1, 0.15) is 12.1 Å². The molecule has 170 valence electrons. The minimum Gasteiger partial charge on any atom is -0.348 e. The summed E-state index contributed by atoms with van der Waals surface area (Å²) in [6, 6.07) is 22.5. The van der Waals surface area contributed by atoms with Crippen LogP contribution in [-0.4, -0.2) is 29.3 Å². The highest BCUT2D eigenvalue weighted by molar-refractivity contribution is 6.09. The van der Waals surface area contributed by atoms with E-state index < -0.39 is 11.6 Å². The summed E-state index contributed by atoms with van der Waals surface area (Å²) < 4.78 is 0. The highest BCUT2D eigenvalue weighted by Gasteiger charge is 2.52. The van der Waals surface area contributed by atoms with Crippen molar-refractivity contribution in [2.45, 2.75) is 38.8 Å². The normalized spacial score (nSPS) is 19.1. The Morgan fingerprint density at radius 3 is 2.30 bits per heavy atom. The van der Waals surface area contributed by atoms with Gasteiger partial charge in [0.15, 0.2) is 0 Å². The van der Waals surface area contributed by atoms with Crippen LogP contribution < -0.4 is 10.6 Å². The number of carbonyl (C=O) groups is 3. The second-order valence-electron chi connectivity index (χ2n) is 9.09. The molecule has 0 radical (unpaired) electrons. The summed E-state index contributed by atoms with van der Waals surface area (Å²) >= 11 is 0. The Morgan fingerprint density at radius 2 is 1.61 bits per heavy atom. The average Bonchev–Trinajstić information content (AvgIpc) is 3.03. The predicted molar refractivity (Wildman–Crippen MR) is 128 cm³/mol. The van der Waals surface area contributed by atoms with Crippen molar-refractivity contribution in [3.8, 4) is 0 Å². The molecule has 6 nitrogen and oxygen atoms in total. The summed E-state index contributed by atoms with van der Waals surface area (Å²) in [5.41, 5.74) is 0.527. The first-order valence-electron chi connectivity index (χ1n) is 11.3. The lowest BCUT2D eigenvalue weighted by atomic mass is 9.82. The first kappa shape index (κ1) is 22.5. The van der Waals surface area contributed by atoms with E-state index in [1.54, 1.807) is 0 Å². The molecule has 2 N–H and O–H groups in total. The van der Waals surface area contributed by atoms with Gasteiger partial charge in [-0.2, -0.15) is 0 Å². The summed E-state index contributed by atoms with van der Waals surface area (Å²) in [5.74, 6) is -0.607. The van der Waals surface area contributed by atoms with Gasteiger partial charge in [0, 0.05) is 0 Å². The van der Waals surface area contributed by atoms with Crippen molar-refractivity contribution in [2.75, 3.05) is 6.54 Å². The molecule has 1 aliphatic rings. The van der Waals surface area contributed by atoms with Gasteiger partial charge in [-0.1, -0.05) is 80.6 Å². The number of nitrogens with one attached hydrogen (secondary N) is 2. The number of benzene rings is 3. The van der Waals surface area contributed by atoms with Gasteiger partial charge in [-0.05, 0) is 47.2 Å². The number of hydrogen-bond acceptors (Lipinski definition) is 3. The van der Waals surface area contributed by atoms with Crippen LogP contribution in [0.2, 0.25) is 0 Å². The minimum absolute atomic E-state index is 0.163. The topological polar surface area (TPSA) is 78.5 Å². The minimum atomic E-state index is -1.16. The van der Waals surface area contributed by atoms with Gasteiger partial charge >= 0.3 is 6.03 Å². The van der Waals surface area contributed by atoms with Crippen LogP contribution in [-0.2, 0) is 15.1 Å². The van der Waals surface area contributed by atoms with E-state index in [0.29, 0.717) is 6.42 Å². The van der Waals surface area contributed by atoms with Gasteiger partial charge in [-0.15, -0.1) is 0 Å². The Bertz CT molecular complexity index is 1190. The smallest absolute Gasteiger partial charge is 0.325 e. The van der Waals surface area contributed by atoms with Crippen molar-refractivity contribution in [1.29, 1.82) is 0 Å². The van der Waals surface area contributed by atoms with E-state index in [4.69, 9.17) is 0 Å². The zero-order valence-electron chi connectivity index (χ0n) is 19.2. The maximum Gasteiger partial charge on any atom is 0.325 e. The Kier molecular flexibility index (Phi) is 6.18. The van der Waals surface area contributed by atoms with Gasteiger partial charge in [0.05, 0.1) is 6.04 Å². The van der Waals surface area contributed by atoms with Crippen molar-refractivity contribution < 1.29 is 14.4 Å². The van der Waals surface area contributed by atoms with E-state index in [9.17, 15) is 14.4 Å². The van der Waals surface area contributed by atoms with E-state index in [0.717, 1.165) is 26.8 Å². The molecule has 2 unspecified atom stereocenters. The summed E-state index contributed by atoms with van der Waals surface area (Å²) in [6.45, 7) is 5.58. The molecule has 1 saturated heterocycles. The maximum atomic E-state index is 13.5. The number of fused-ring (bicyclic) bond motifs is 1. The highest BCUT2D eigenvalue weighted by Crippen LogP contribution is 2.35. The molecule has 4 rings (SSSR count). The van der Waals surface area contributed by atoms with Crippen LogP contribution in [0.25, 0.3) is 10.8 Å². The van der Waals surface area contributed by atoms with E-state index in [-0.39, 0.29) is 30.3 Å². The molecule has 3 aromatic rings. The molecule has 0 saturated carbocycles. The molecule has 0 aliphatic carbocycles. The van der Waals surface area contributed by atoms with E-state index in [2.05, 4.69) is 10.6 Å². The second kappa shape index (κ2) is 9.06. The van der Waals surface area contributed by atoms with E-state index in [1.807, 2.05) is 93.6 Å². The molecule has 4 amide bonds. The molecular weight excluding hydrogens is 414 g/mol. The molecule has 1 fully saturated rings. The number of amides is 4.